The van der Waals surface area contributed by atoms with Crippen LogP contribution in [0.25, 0.3) is 11.2 Å². The maximum Gasteiger partial charge on any atom is 0.307 e. The summed E-state index contributed by atoms with van der Waals surface area (Å²) >= 11 is 0. The molecule has 0 saturated carbocycles. The van der Waals surface area contributed by atoms with Crippen molar-refractivity contribution < 1.29 is 29.2 Å². The van der Waals surface area contributed by atoms with Crippen LogP contribution in [-0.4, -0.2) is 74.3 Å². The van der Waals surface area contributed by atoms with Gasteiger partial charge in [0.1, 0.15) is 18.3 Å². The zero-order valence-corrected chi connectivity index (χ0v) is 13.9. The van der Waals surface area contributed by atoms with Crippen LogP contribution in [0.15, 0.2) is 11.1 Å². The van der Waals surface area contributed by atoms with Crippen molar-refractivity contribution >= 4 is 23.1 Å². The van der Waals surface area contributed by atoms with Gasteiger partial charge in [-0.25, -0.2) is 4.98 Å². The Hall–Kier alpha value is -2.54. The van der Waals surface area contributed by atoms with Crippen molar-refractivity contribution in [1.29, 1.82) is 0 Å². The van der Waals surface area contributed by atoms with Crippen LogP contribution >= 0.6 is 0 Å². The maximum atomic E-state index is 11.9. The van der Waals surface area contributed by atoms with E-state index in [2.05, 4.69) is 19.7 Å². The fourth-order valence-corrected chi connectivity index (χ4v) is 2.78. The Morgan fingerprint density at radius 2 is 2.31 bits per heavy atom. The lowest BCUT2D eigenvalue weighted by Gasteiger charge is -2.21. The second-order valence-corrected chi connectivity index (χ2v) is 5.68. The van der Waals surface area contributed by atoms with Crippen molar-refractivity contribution in [2.24, 2.45) is 0 Å². The van der Waals surface area contributed by atoms with Crippen LogP contribution in [0, 0.1) is 0 Å². The number of H-pyrrole nitrogens is 1. The fraction of sp³-hybridized carbons (Fsp3) is 0.571. The molecule has 26 heavy (non-hydrogen) atoms. The van der Waals surface area contributed by atoms with Gasteiger partial charge in [-0.05, 0) is 0 Å². The van der Waals surface area contributed by atoms with Gasteiger partial charge in [0.2, 0.25) is 5.95 Å². The van der Waals surface area contributed by atoms with Crippen molar-refractivity contribution in [2.45, 2.75) is 31.0 Å². The molecule has 0 bridgehead atoms. The van der Waals surface area contributed by atoms with Crippen LogP contribution in [0.4, 0.5) is 5.95 Å². The first-order valence-corrected chi connectivity index (χ1v) is 7.81. The average molecular weight is 369 g/mol. The van der Waals surface area contributed by atoms with Crippen molar-refractivity contribution in [3.63, 3.8) is 0 Å². The van der Waals surface area contributed by atoms with Crippen LogP contribution in [0.3, 0.4) is 0 Å². The van der Waals surface area contributed by atoms with Gasteiger partial charge in [0, 0.05) is 0 Å². The van der Waals surface area contributed by atoms with E-state index >= 15 is 0 Å². The third-order valence-electron chi connectivity index (χ3n) is 4.06. The number of aromatic nitrogens is 4. The third kappa shape index (κ3) is 3.26. The zero-order valence-electron chi connectivity index (χ0n) is 13.9. The molecule has 0 amide bonds. The van der Waals surface area contributed by atoms with Crippen LogP contribution in [0.5, 0.6) is 0 Å². The van der Waals surface area contributed by atoms with Crippen molar-refractivity contribution in [3.05, 3.63) is 16.7 Å². The molecule has 0 spiro atoms. The first-order valence-electron chi connectivity index (χ1n) is 7.81. The van der Waals surface area contributed by atoms with E-state index < -0.39 is 42.7 Å². The van der Waals surface area contributed by atoms with E-state index in [0.29, 0.717) is 0 Å². The zero-order chi connectivity index (χ0) is 18.8. The van der Waals surface area contributed by atoms with Gasteiger partial charge in [0.15, 0.2) is 17.4 Å². The van der Waals surface area contributed by atoms with Gasteiger partial charge in [-0.3, -0.25) is 19.1 Å². The molecule has 12 nitrogen and oxygen atoms in total. The summed E-state index contributed by atoms with van der Waals surface area (Å²) in [6.07, 6.45) is -2.67. The number of nitrogens with zero attached hydrogens (tertiary/aromatic N) is 3. The number of carbonyl (C=O) groups is 1. The number of ether oxygens (including phenoxy) is 3. The van der Waals surface area contributed by atoms with Crippen LogP contribution in [0.1, 0.15) is 12.6 Å². The molecule has 0 unspecified atom stereocenters. The minimum atomic E-state index is -1.17. The Bertz CT molecular complexity index is 850. The number of carbonyl (C=O) groups excluding carboxylic acids is 1. The number of fused-ring (bicyclic) bond motifs is 1. The number of nitrogens with two attached hydrogens (primary N) is 1. The van der Waals surface area contributed by atoms with Gasteiger partial charge < -0.3 is 30.2 Å². The highest BCUT2D eigenvalue weighted by Crippen LogP contribution is 2.33. The summed E-state index contributed by atoms with van der Waals surface area (Å²) < 4.78 is 17.2. The Morgan fingerprint density at radius 3 is 3.00 bits per heavy atom. The van der Waals surface area contributed by atoms with E-state index in [-0.39, 0.29) is 30.1 Å². The fourth-order valence-electron chi connectivity index (χ4n) is 2.78. The molecule has 0 aromatic carbocycles. The van der Waals surface area contributed by atoms with E-state index in [1.165, 1.54) is 18.0 Å². The molecule has 0 radical (unpaired) electrons. The van der Waals surface area contributed by atoms with Crippen molar-refractivity contribution in [3.8, 4) is 0 Å². The second-order valence-electron chi connectivity index (χ2n) is 5.68. The van der Waals surface area contributed by atoms with E-state index in [4.69, 9.17) is 15.2 Å². The number of imidazole rings is 1. The van der Waals surface area contributed by atoms with Crippen LogP contribution in [0.2, 0.25) is 0 Å². The molecule has 3 rings (SSSR count). The lowest BCUT2D eigenvalue weighted by Crippen LogP contribution is -2.36. The Kier molecular flexibility index (Phi) is 5.18. The lowest BCUT2D eigenvalue weighted by atomic mass is 10.1. The summed E-state index contributed by atoms with van der Waals surface area (Å²) in [5.74, 6) is -0.576. The van der Waals surface area contributed by atoms with E-state index in [9.17, 15) is 19.8 Å². The van der Waals surface area contributed by atoms with E-state index in [1.54, 1.807) is 0 Å². The number of nitrogen functional groups attached to an aromatic ring is 1. The summed E-state index contributed by atoms with van der Waals surface area (Å²) in [7, 11) is 1.26. The molecule has 3 heterocycles. The molecule has 0 aliphatic carbocycles. The van der Waals surface area contributed by atoms with Gasteiger partial charge in [-0.2, -0.15) is 4.98 Å². The molecule has 2 aromatic rings. The van der Waals surface area contributed by atoms with Gasteiger partial charge in [0.05, 0.1) is 33.1 Å². The molecule has 1 saturated heterocycles. The van der Waals surface area contributed by atoms with Gasteiger partial charge >= 0.3 is 5.97 Å². The maximum absolute atomic E-state index is 11.9. The summed E-state index contributed by atoms with van der Waals surface area (Å²) in [5, 5.41) is 19.7. The van der Waals surface area contributed by atoms with E-state index in [0.717, 1.165) is 0 Å². The lowest BCUT2D eigenvalue weighted by molar-refractivity contribution is -0.143. The number of aliphatic hydroxyl groups excluding tert-OH is 2. The highest BCUT2D eigenvalue weighted by Gasteiger charge is 2.46. The number of nitrogens with one attached hydrogen (secondary N) is 1. The predicted molar refractivity (Wildman–Crippen MR) is 85.9 cm³/mol. The number of hydrogen-bond donors (Lipinski definition) is 4. The van der Waals surface area contributed by atoms with Crippen LogP contribution in [-0.2, 0) is 19.0 Å². The second kappa shape index (κ2) is 7.37. The number of rotatable bonds is 6. The van der Waals surface area contributed by atoms with Crippen molar-refractivity contribution in [2.75, 3.05) is 26.1 Å². The van der Waals surface area contributed by atoms with Crippen LogP contribution < -0.4 is 11.3 Å². The largest absolute Gasteiger partial charge is 0.469 e. The molecular formula is C14H19N5O7. The molecule has 5 N–H and O–H groups in total. The number of methoxy groups -OCH3 is 1. The first kappa shape index (κ1) is 18.3. The quantitative estimate of drug-likeness (QED) is 0.413. The Labute approximate surface area is 146 Å². The minimum absolute atomic E-state index is 0.0220. The highest BCUT2D eigenvalue weighted by molar-refractivity contribution is 5.70. The molecule has 2 aromatic heterocycles. The SMILES string of the molecule is COC(=O)CCO[C@@H]1[C@H](O)[C@@H](CO)O[C@H]1n1cnc2c(=O)[nH]c(N)nc21. The predicted octanol–water partition coefficient (Wildman–Crippen LogP) is -2.10. The third-order valence-corrected chi connectivity index (χ3v) is 4.06. The summed E-state index contributed by atoms with van der Waals surface area (Å²) in [6.45, 7) is -0.480. The molecule has 1 fully saturated rings. The smallest absolute Gasteiger partial charge is 0.307 e. The normalized spacial score (nSPS) is 25.7. The summed E-state index contributed by atoms with van der Waals surface area (Å²) in [5.41, 5.74) is 5.24. The Balaban J connectivity index is 1.90. The summed E-state index contributed by atoms with van der Waals surface area (Å²) in [6, 6.07) is 0. The average Bonchev–Trinajstić information content (AvgIpc) is 3.16. The van der Waals surface area contributed by atoms with Gasteiger partial charge in [0.25, 0.3) is 5.56 Å². The number of esters is 1. The molecular weight excluding hydrogens is 350 g/mol. The number of hydrogen-bond acceptors (Lipinski definition) is 10. The topological polar surface area (TPSA) is 175 Å². The molecule has 4 atom stereocenters. The number of aromatic amines is 1. The summed E-state index contributed by atoms with van der Waals surface area (Å²) in [4.78, 5) is 33.5. The monoisotopic (exact) mass is 369 g/mol. The number of aliphatic hydroxyl groups is 2. The van der Waals surface area contributed by atoms with Gasteiger partial charge in [-0.15, -0.1) is 0 Å². The molecule has 1 aliphatic rings. The first-order chi connectivity index (χ1) is 12.5. The standard InChI is InChI=1S/C14H19N5O7/c1-24-7(21)2-3-25-10-9(22)6(4-20)26-13(10)19-5-16-8-11(19)17-14(15)18-12(8)23/h5-6,9-10,13,20,22H,2-4H2,1H3,(H3,15,17,18,23)/t6-,9-,10-,13-/m1/s1. The van der Waals surface area contributed by atoms with Gasteiger partial charge in [-0.1, -0.05) is 0 Å². The molecule has 142 valence electrons. The van der Waals surface area contributed by atoms with Crippen molar-refractivity contribution in [1.82, 2.24) is 19.5 Å². The Morgan fingerprint density at radius 1 is 1.54 bits per heavy atom. The highest BCUT2D eigenvalue weighted by atomic mass is 16.6. The minimum Gasteiger partial charge on any atom is -0.469 e. The number of anilines is 1. The van der Waals surface area contributed by atoms with E-state index in [1.807, 2.05) is 0 Å². The molecule has 12 heteroatoms. The molecule has 1 aliphatic heterocycles.